The van der Waals surface area contributed by atoms with Crippen molar-refractivity contribution in [1.82, 2.24) is 9.97 Å². The van der Waals surface area contributed by atoms with Crippen molar-refractivity contribution in [3.8, 4) is 0 Å². The van der Waals surface area contributed by atoms with Gasteiger partial charge in [0.15, 0.2) is 0 Å². The second-order valence-corrected chi connectivity index (χ2v) is 3.16. The van der Waals surface area contributed by atoms with Crippen molar-refractivity contribution in [3.05, 3.63) is 17.0 Å². The molecule has 0 fully saturated rings. The van der Waals surface area contributed by atoms with Gasteiger partial charge in [-0.05, 0) is 6.42 Å². The number of nitrogens with one attached hydrogen (secondary N) is 1. The van der Waals surface area contributed by atoms with Crippen molar-refractivity contribution in [2.45, 2.75) is 26.7 Å². The summed E-state index contributed by atoms with van der Waals surface area (Å²) in [5.74, 6) is 1.60. The highest BCUT2D eigenvalue weighted by molar-refractivity contribution is 6.29. The van der Waals surface area contributed by atoms with E-state index in [-0.39, 0.29) is 0 Å². The van der Waals surface area contributed by atoms with Gasteiger partial charge in [0.1, 0.15) is 16.8 Å². The van der Waals surface area contributed by atoms with Crippen LogP contribution in [0.1, 0.15) is 26.1 Å². The minimum absolute atomic E-state index is 0.505. The van der Waals surface area contributed by atoms with Crippen LogP contribution in [0.25, 0.3) is 0 Å². The predicted molar refractivity (Wildman–Crippen MR) is 55.2 cm³/mol. The molecule has 0 aliphatic carbocycles. The molecule has 13 heavy (non-hydrogen) atoms. The number of nitrogens with zero attached hydrogens (tertiary/aromatic N) is 2. The Morgan fingerprint density at radius 1 is 1.38 bits per heavy atom. The van der Waals surface area contributed by atoms with Crippen LogP contribution in [0.3, 0.4) is 0 Å². The van der Waals surface area contributed by atoms with Crippen LogP contribution in [0.5, 0.6) is 0 Å². The topological polar surface area (TPSA) is 37.8 Å². The fourth-order valence-corrected chi connectivity index (χ4v) is 1.17. The first kappa shape index (κ1) is 10.3. The molecular weight excluding hydrogens is 186 g/mol. The highest BCUT2D eigenvalue weighted by atomic mass is 35.5. The summed E-state index contributed by atoms with van der Waals surface area (Å²) in [5.41, 5.74) is 0. The maximum absolute atomic E-state index is 5.82. The molecule has 0 saturated heterocycles. The lowest BCUT2D eigenvalue weighted by Crippen LogP contribution is -2.04. The average Bonchev–Trinajstić information content (AvgIpc) is 2.14. The van der Waals surface area contributed by atoms with E-state index in [4.69, 9.17) is 11.6 Å². The molecule has 3 nitrogen and oxygen atoms in total. The fourth-order valence-electron chi connectivity index (χ4n) is 0.966. The lowest BCUT2D eigenvalue weighted by Gasteiger charge is -2.05. The fraction of sp³-hybridized carbons (Fsp3) is 0.556. The molecule has 1 N–H and O–H groups in total. The number of rotatable bonds is 4. The van der Waals surface area contributed by atoms with E-state index >= 15 is 0 Å². The largest absolute Gasteiger partial charge is 0.370 e. The van der Waals surface area contributed by atoms with E-state index in [0.29, 0.717) is 5.15 Å². The van der Waals surface area contributed by atoms with Crippen LogP contribution in [0.2, 0.25) is 5.15 Å². The SMILES string of the molecule is CCCNc1cc(Cl)nc(CC)n1. The minimum Gasteiger partial charge on any atom is -0.370 e. The quantitative estimate of drug-likeness (QED) is 0.758. The summed E-state index contributed by atoms with van der Waals surface area (Å²) in [4.78, 5) is 8.36. The van der Waals surface area contributed by atoms with Crippen molar-refractivity contribution < 1.29 is 0 Å². The monoisotopic (exact) mass is 199 g/mol. The van der Waals surface area contributed by atoms with Gasteiger partial charge in [-0.1, -0.05) is 25.4 Å². The van der Waals surface area contributed by atoms with Crippen molar-refractivity contribution in [2.75, 3.05) is 11.9 Å². The summed E-state index contributed by atoms with van der Waals surface area (Å²) in [6, 6.07) is 1.75. The van der Waals surface area contributed by atoms with Crippen molar-refractivity contribution in [2.24, 2.45) is 0 Å². The molecule has 0 aliphatic heterocycles. The van der Waals surface area contributed by atoms with E-state index in [0.717, 1.165) is 31.0 Å². The molecule has 0 amide bonds. The van der Waals surface area contributed by atoms with Crippen molar-refractivity contribution in [3.63, 3.8) is 0 Å². The highest BCUT2D eigenvalue weighted by Gasteiger charge is 2.00. The van der Waals surface area contributed by atoms with Gasteiger partial charge < -0.3 is 5.32 Å². The second-order valence-electron chi connectivity index (χ2n) is 2.77. The predicted octanol–water partition coefficient (Wildman–Crippen LogP) is 2.51. The Kier molecular flexibility index (Phi) is 3.96. The van der Waals surface area contributed by atoms with Gasteiger partial charge in [-0.2, -0.15) is 0 Å². The van der Waals surface area contributed by atoms with E-state index in [9.17, 15) is 0 Å². The van der Waals surface area contributed by atoms with Crippen LogP contribution in [0, 0.1) is 0 Å². The van der Waals surface area contributed by atoms with Gasteiger partial charge >= 0.3 is 0 Å². The average molecular weight is 200 g/mol. The molecule has 0 aliphatic rings. The Morgan fingerprint density at radius 2 is 2.15 bits per heavy atom. The van der Waals surface area contributed by atoms with Gasteiger partial charge in [0.25, 0.3) is 0 Å². The van der Waals surface area contributed by atoms with Gasteiger partial charge in [-0.15, -0.1) is 0 Å². The first-order valence-corrected chi connectivity index (χ1v) is 4.91. The molecule has 0 unspecified atom stereocenters. The molecule has 0 atom stereocenters. The van der Waals surface area contributed by atoms with E-state index in [2.05, 4.69) is 22.2 Å². The molecule has 1 rings (SSSR count). The first-order chi connectivity index (χ1) is 6.26. The third kappa shape index (κ3) is 3.19. The maximum atomic E-state index is 5.82. The number of anilines is 1. The maximum Gasteiger partial charge on any atom is 0.134 e. The molecule has 0 bridgehead atoms. The van der Waals surface area contributed by atoms with E-state index in [1.807, 2.05) is 6.92 Å². The molecular formula is C9H14ClN3. The highest BCUT2D eigenvalue weighted by Crippen LogP contribution is 2.11. The third-order valence-electron chi connectivity index (χ3n) is 1.61. The summed E-state index contributed by atoms with van der Waals surface area (Å²) in [7, 11) is 0. The molecule has 0 saturated carbocycles. The molecule has 0 radical (unpaired) electrons. The second kappa shape index (κ2) is 5.02. The zero-order chi connectivity index (χ0) is 9.68. The van der Waals surface area contributed by atoms with Crippen molar-refractivity contribution in [1.29, 1.82) is 0 Å². The first-order valence-electron chi connectivity index (χ1n) is 4.53. The Morgan fingerprint density at radius 3 is 2.77 bits per heavy atom. The van der Waals surface area contributed by atoms with E-state index in [1.54, 1.807) is 6.07 Å². The molecule has 1 aromatic heterocycles. The smallest absolute Gasteiger partial charge is 0.134 e. The van der Waals surface area contributed by atoms with Crippen molar-refractivity contribution >= 4 is 17.4 Å². The lowest BCUT2D eigenvalue weighted by molar-refractivity contribution is 0.917. The molecule has 1 heterocycles. The number of halogens is 1. The van der Waals surface area contributed by atoms with Gasteiger partial charge in [0, 0.05) is 19.0 Å². The van der Waals surface area contributed by atoms with E-state index in [1.165, 1.54) is 0 Å². The van der Waals surface area contributed by atoms with Gasteiger partial charge in [-0.3, -0.25) is 0 Å². The van der Waals surface area contributed by atoms with Gasteiger partial charge in [0.05, 0.1) is 0 Å². The van der Waals surface area contributed by atoms with Crippen LogP contribution in [0.15, 0.2) is 6.07 Å². The zero-order valence-corrected chi connectivity index (χ0v) is 8.73. The summed E-state index contributed by atoms with van der Waals surface area (Å²) in [6.07, 6.45) is 1.88. The third-order valence-corrected chi connectivity index (χ3v) is 1.81. The molecule has 0 spiro atoms. The minimum atomic E-state index is 0.505. The number of hydrogen-bond acceptors (Lipinski definition) is 3. The van der Waals surface area contributed by atoms with Gasteiger partial charge in [0.2, 0.25) is 0 Å². The van der Waals surface area contributed by atoms with Crippen LogP contribution < -0.4 is 5.32 Å². The molecule has 72 valence electrons. The Hall–Kier alpha value is -0.830. The Labute approximate surface area is 83.5 Å². The summed E-state index contributed by atoms with van der Waals surface area (Å²) in [5, 5.41) is 3.68. The van der Waals surface area contributed by atoms with E-state index < -0.39 is 0 Å². The van der Waals surface area contributed by atoms with Crippen LogP contribution in [0.4, 0.5) is 5.82 Å². The standard InChI is InChI=1S/C9H14ClN3/c1-3-5-11-9-6-7(10)12-8(4-2)13-9/h6H,3-5H2,1-2H3,(H,11,12,13). The van der Waals surface area contributed by atoms with Gasteiger partial charge in [-0.25, -0.2) is 9.97 Å². The van der Waals surface area contributed by atoms with Crippen LogP contribution in [-0.2, 0) is 6.42 Å². The number of aromatic nitrogens is 2. The molecule has 1 aromatic rings. The Bertz CT molecular complexity index is 276. The number of aryl methyl sites for hydroxylation is 1. The summed E-state index contributed by atoms with van der Waals surface area (Å²) >= 11 is 5.82. The normalized spacial score (nSPS) is 10.1. The summed E-state index contributed by atoms with van der Waals surface area (Å²) in [6.45, 7) is 5.03. The molecule has 0 aromatic carbocycles. The lowest BCUT2D eigenvalue weighted by atomic mass is 10.4. The van der Waals surface area contributed by atoms with Crippen LogP contribution in [-0.4, -0.2) is 16.5 Å². The zero-order valence-electron chi connectivity index (χ0n) is 7.97. The summed E-state index contributed by atoms with van der Waals surface area (Å²) < 4.78 is 0. The molecule has 4 heteroatoms. The number of hydrogen-bond donors (Lipinski definition) is 1. The van der Waals surface area contributed by atoms with Crippen LogP contribution >= 0.6 is 11.6 Å². The Balaban J connectivity index is 2.76.